The Kier molecular flexibility index (Phi) is 6.02. The number of rotatable bonds is 5. The molecule has 0 aliphatic carbocycles. The summed E-state index contributed by atoms with van der Waals surface area (Å²) in [5.41, 5.74) is 5.12. The normalized spacial score (nSPS) is 18.1. The Hall–Kier alpha value is -4.68. The van der Waals surface area contributed by atoms with Crippen LogP contribution < -0.4 is 15.9 Å². The van der Waals surface area contributed by atoms with Crippen molar-refractivity contribution in [2.75, 3.05) is 18.9 Å². The van der Waals surface area contributed by atoms with E-state index in [9.17, 15) is 14.4 Å². The second kappa shape index (κ2) is 9.75. The highest BCUT2D eigenvalue weighted by atomic mass is 16.2. The second-order valence-corrected chi connectivity index (χ2v) is 10.9. The molecule has 1 unspecified atom stereocenters. The first kappa shape index (κ1) is 25.3. The molecule has 7 heterocycles. The van der Waals surface area contributed by atoms with Crippen molar-refractivity contribution < 1.29 is 14.6 Å². The van der Waals surface area contributed by atoms with E-state index in [1.807, 2.05) is 16.8 Å². The van der Waals surface area contributed by atoms with Crippen molar-refractivity contribution in [3.05, 3.63) is 75.2 Å². The van der Waals surface area contributed by atoms with Gasteiger partial charge in [-0.3, -0.25) is 19.2 Å². The molecule has 3 aliphatic rings. The zero-order chi connectivity index (χ0) is 28.2. The number of hydrogen-bond donors (Lipinski definition) is 2. The SMILES string of the molecule is CN1CCn2nc(Nc3cc(-c4ccnc([NH+]5N=Cc6c(cc7n6CCCC7)C5=O)c4C=O)cn(C)c3=O)cc2C1. The van der Waals surface area contributed by atoms with Gasteiger partial charge in [-0.1, -0.05) is 10.1 Å². The lowest BCUT2D eigenvalue weighted by Gasteiger charge is -2.22. The molecule has 7 rings (SSSR count). The number of quaternary nitrogens is 1. The van der Waals surface area contributed by atoms with Crippen LogP contribution in [0.5, 0.6) is 0 Å². The Morgan fingerprint density at radius 1 is 1.02 bits per heavy atom. The molecule has 0 fully saturated rings. The number of carbonyl (C=O) groups excluding carboxylic acids is 2. The summed E-state index contributed by atoms with van der Waals surface area (Å²) in [7, 11) is 3.72. The number of hydrogen-bond acceptors (Lipinski definition) is 8. The summed E-state index contributed by atoms with van der Waals surface area (Å²) in [6.07, 6.45) is 8.74. The molecule has 208 valence electrons. The molecule has 0 saturated heterocycles. The molecule has 1 amide bonds. The molecule has 3 aliphatic heterocycles. The Labute approximate surface area is 235 Å². The van der Waals surface area contributed by atoms with E-state index in [0.29, 0.717) is 34.5 Å². The fraction of sp³-hybridized carbons (Fsp3) is 0.310. The third kappa shape index (κ3) is 4.23. The number of aryl methyl sites for hydroxylation is 2. The van der Waals surface area contributed by atoms with Crippen molar-refractivity contribution in [2.24, 2.45) is 12.1 Å². The number of aldehydes is 1. The first-order valence-electron chi connectivity index (χ1n) is 13.8. The van der Waals surface area contributed by atoms with Crippen LogP contribution in [0.15, 0.2) is 46.6 Å². The molecule has 2 N–H and O–H groups in total. The summed E-state index contributed by atoms with van der Waals surface area (Å²) in [4.78, 5) is 45.9. The molecular formula is C29H30N9O3+. The molecule has 0 radical (unpaired) electrons. The predicted molar refractivity (Wildman–Crippen MR) is 152 cm³/mol. The fourth-order valence-electron chi connectivity index (χ4n) is 6.05. The number of nitrogens with one attached hydrogen (secondary N) is 2. The van der Waals surface area contributed by atoms with Crippen LogP contribution in [0.25, 0.3) is 11.1 Å². The van der Waals surface area contributed by atoms with Crippen LogP contribution in [0, 0.1) is 0 Å². The van der Waals surface area contributed by atoms with E-state index in [2.05, 4.69) is 37.0 Å². The molecule has 0 aromatic carbocycles. The molecule has 4 aromatic heterocycles. The Morgan fingerprint density at radius 2 is 1.90 bits per heavy atom. The third-order valence-corrected chi connectivity index (χ3v) is 8.14. The van der Waals surface area contributed by atoms with Gasteiger partial charge in [-0.15, -0.1) is 0 Å². The molecule has 0 spiro atoms. The van der Waals surface area contributed by atoms with Gasteiger partial charge >= 0.3 is 5.91 Å². The van der Waals surface area contributed by atoms with E-state index in [-0.39, 0.29) is 27.9 Å². The number of amides is 1. The zero-order valence-electron chi connectivity index (χ0n) is 22.9. The monoisotopic (exact) mass is 552 g/mol. The average molecular weight is 553 g/mol. The topological polar surface area (TPSA) is 124 Å². The summed E-state index contributed by atoms with van der Waals surface area (Å²) in [6.45, 7) is 3.34. The predicted octanol–water partition coefficient (Wildman–Crippen LogP) is 1.49. The molecule has 41 heavy (non-hydrogen) atoms. The van der Waals surface area contributed by atoms with Gasteiger partial charge < -0.3 is 14.5 Å². The first-order chi connectivity index (χ1) is 19.9. The summed E-state index contributed by atoms with van der Waals surface area (Å²) in [5, 5.41) is 12.4. The Bertz CT molecular complexity index is 1810. The summed E-state index contributed by atoms with van der Waals surface area (Å²) in [6, 6.07) is 7.31. The van der Waals surface area contributed by atoms with Gasteiger partial charge in [0.1, 0.15) is 23.0 Å². The third-order valence-electron chi connectivity index (χ3n) is 8.14. The van der Waals surface area contributed by atoms with Crippen molar-refractivity contribution in [3.8, 4) is 11.1 Å². The minimum atomic E-state index is -0.241. The lowest BCUT2D eigenvalue weighted by molar-refractivity contribution is -0.751. The van der Waals surface area contributed by atoms with Crippen molar-refractivity contribution in [3.63, 3.8) is 0 Å². The lowest BCUT2D eigenvalue weighted by atomic mass is 10.0. The van der Waals surface area contributed by atoms with Crippen LogP contribution in [0.3, 0.4) is 0 Å². The minimum absolute atomic E-state index is 0.140. The van der Waals surface area contributed by atoms with E-state index in [1.54, 1.807) is 37.8 Å². The summed E-state index contributed by atoms with van der Waals surface area (Å²) < 4.78 is 5.57. The summed E-state index contributed by atoms with van der Waals surface area (Å²) in [5.74, 6) is 0.566. The van der Waals surface area contributed by atoms with Crippen LogP contribution in [0.1, 0.15) is 50.6 Å². The smallest absolute Gasteiger partial charge is 0.343 e. The fourth-order valence-corrected chi connectivity index (χ4v) is 6.05. The van der Waals surface area contributed by atoms with Gasteiger partial charge in [0.2, 0.25) is 0 Å². The van der Waals surface area contributed by atoms with Gasteiger partial charge in [0.05, 0.1) is 17.9 Å². The number of carbonyl (C=O) groups is 2. The van der Waals surface area contributed by atoms with Crippen molar-refractivity contribution >= 4 is 35.7 Å². The minimum Gasteiger partial charge on any atom is -0.343 e. The number of anilines is 2. The first-order valence-corrected chi connectivity index (χ1v) is 13.8. The second-order valence-electron chi connectivity index (χ2n) is 10.9. The number of nitrogens with zero attached hydrogens (tertiary/aromatic N) is 7. The summed E-state index contributed by atoms with van der Waals surface area (Å²) >= 11 is 0. The van der Waals surface area contributed by atoms with Gasteiger partial charge in [-0.05, 0) is 44.5 Å². The molecule has 1 atom stereocenters. The maximum atomic E-state index is 13.6. The number of aromatic nitrogens is 5. The molecule has 0 saturated carbocycles. The van der Waals surface area contributed by atoms with Crippen LogP contribution in [-0.4, -0.2) is 60.8 Å². The highest BCUT2D eigenvalue weighted by Crippen LogP contribution is 2.28. The highest BCUT2D eigenvalue weighted by Gasteiger charge is 2.37. The van der Waals surface area contributed by atoms with Gasteiger partial charge in [-0.2, -0.15) is 5.10 Å². The van der Waals surface area contributed by atoms with Gasteiger partial charge in [0.25, 0.3) is 11.4 Å². The van der Waals surface area contributed by atoms with Crippen LogP contribution in [0.2, 0.25) is 0 Å². The molecule has 0 bridgehead atoms. The van der Waals surface area contributed by atoms with E-state index in [0.717, 1.165) is 62.5 Å². The Balaban J connectivity index is 1.25. The van der Waals surface area contributed by atoms with Crippen molar-refractivity contribution in [2.45, 2.75) is 38.9 Å². The van der Waals surface area contributed by atoms with Gasteiger partial charge in [-0.25, -0.2) is 9.78 Å². The molecular weight excluding hydrogens is 522 g/mol. The highest BCUT2D eigenvalue weighted by molar-refractivity contribution is 6.01. The number of fused-ring (bicyclic) bond motifs is 4. The van der Waals surface area contributed by atoms with E-state index >= 15 is 0 Å². The number of likely N-dealkylation sites (N-methyl/N-ethyl adjacent to an activating group) is 1. The molecule has 4 aromatic rings. The maximum Gasteiger partial charge on any atom is 0.379 e. The van der Waals surface area contributed by atoms with E-state index in [1.165, 1.54) is 4.57 Å². The zero-order valence-corrected chi connectivity index (χ0v) is 22.9. The standard InChI is InChI=1S/C29H29N9O3/c1-34-9-10-37-20(16-34)13-26(33-37)32-24-11-18(15-35(2)29(24)41)21-6-7-30-27(23(21)17-39)38-28(40)22-12-19-5-3-4-8-36(19)25(22)14-31-38/h6-7,11-15,17H,3-5,8-10,16H2,1-2H3,(H,32,33)/p+1. The average Bonchev–Trinajstić information content (AvgIpc) is 3.56. The van der Waals surface area contributed by atoms with Crippen LogP contribution >= 0.6 is 0 Å². The van der Waals surface area contributed by atoms with Gasteiger partial charge in [0.15, 0.2) is 12.1 Å². The van der Waals surface area contributed by atoms with Crippen molar-refractivity contribution in [1.29, 1.82) is 0 Å². The van der Waals surface area contributed by atoms with E-state index < -0.39 is 0 Å². The molecule has 12 nitrogen and oxygen atoms in total. The van der Waals surface area contributed by atoms with Crippen LogP contribution in [0.4, 0.5) is 17.3 Å². The van der Waals surface area contributed by atoms with Gasteiger partial charge in [0, 0.05) is 62.0 Å². The van der Waals surface area contributed by atoms with Crippen LogP contribution in [-0.2, 0) is 33.1 Å². The maximum absolute atomic E-state index is 13.6. The quantitative estimate of drug-likeness (QED) is 0.360. The van der Waals surface area contributed by atoms with Crippen molar-refractivity contribution in [1.82, 2.24) is 28.8 Å². The lowest BCUT2D eigenvalue weighted by Crippen LogP contribution is -3.06. The number of pyridine rings is 2. The molecule has 12 heteroatoms. The van der Waals surface area contributed by atoms with E-state index in [4.69, 9.17) is 0 Å². The largest absolute Gasteiger partial charge is 0.379 e. The Morgan fingerprint density at radius 3 is 2.76 bits per heavy atom.